The predicted octanol–water partition coefficient (Wildman–Crippen LogP) is 3.61. The van der Waals surface area contributed by atoms with Crippen molar-refractivity contribution in [2.75, 3.05) is 19.0 Å². The predicted molar refractivity (Wildman–Crippen MR) is 92.3 cm³/mol. The van der Waals surface area contributed by atoms with E-state index in [4.69, 9.17) is 4.74 Å². The maximum atomic E-state index is 12.2. The highest BCUT2D eigenvalue weighted by Gasteiger charge is 2.08. The number of pyridine rings is 1. The lowest BCUT2D eigenvalue weighted by molar-refractivity contribution is 0.0952. The number of anilines is 2. The molecular weight excluding hydrogens is 290 g/mol. The van der Waals surface area contributed by atoms with Crippen LogP contribution in [0.2, 0.25) is 0 Å². The van der Waals surface area contributed by atoms with Crippen LogP contribution in [0, 0.1) is 5.92 Å². The first-order valence-corrected chi connectivity index (χ1v) is 7.74. The lowest BCUT2D eigenvalue weighted by atomic mass is 10.1. The normalized spacial score (nSPS) is 10.4. The van der Waals surface area contributed by atoms with Crippen LogP contribution in [-0.2, 0) is 0 Å². The Kier molecular flexibility index (Phi) is 5.97. The Balaban J connectivity index is 2.06. The van der Waals surface area contributed by atoms with Crippen LogP contribution in [0.25, 0.3) is 0 Å². The van der Waals surface area contributed by atoms with Crippen molar-refractivity contribution in [1.82, 2.24) is 10.3 Å². The zero-order chi connectivity index (χ0) is 16.7. The maximum Gasteiger partial charge on any atom is 0.251 e. The van der Waals surface area contributed by atoms with Crippen molar-refractivity contribution < 1.29 is 9.53 Å². The van der Waals surface area contributed by atoms with Gasteiger partial charge in [0.05, 0.1) is 12.8 Å². The second kappa shape index (κ2) is 8.17. The van der Waals surface area contributed by atoms with Crippen LogP contribution < -0.4 is 15.4 Å². The zero-order valence-corrected chi connectivity index (χ0v) is 13.8. The molecule has 1 aromatic carbocycles. The fraction of sp³-hybridized carbons (Fsp3) is 0.333. The van der Waals surface area contributed by atoms with Gasteiger partial charge in [0.15, 0.2) is 0 Å². The van der Waals surface area contributed by atoms with E-state index in [1.54, 1.807) is 25.4 Å². The molecule has 23 heavy (non-hydrogen) atoms. The fourth-order valence-corrected chi connectivity index (χ4v) is 2.10. The largest absolute Gasteiger partial charge is 0.495 e. The molecule has 1 aromatic heterocycles. The minimum Gasteiger partial charge on any atom is -0.495 e. The number of nitrogens with one attached hydrogen (secondary N) is 2. The smallest absolute Gasteiger partial charge is 0.251 e. The molecule has 5 heteroatoms. The summed E-state index contributed by atoms with van der Waals surface area (Å²) in [7, 11) is 1.62. The van der Waals surface area contributed by atoms with E-state index in [2.05, 4.69) is 29.5 Å². The Morgan fingerprint density at radius 3 is 2.78 bits per heavy atom. The molecule has 0 atom stereocenters. The average Bonchev–Trinajstić information content (AvgIpc) is 2.55. The van der Waals surface area contributed by atoms with Gasteiger partial charge in [0.1, 0.15) is 11.6 Å². The molecule has 0 saturated heterocycles. The summed E-state index contributed by atoms with van der Waals surface area (Å²) in [6.45, 7) is 4.94. The third-order valence-corrected chi connectivity index (χ3v) is 3.40. The zero-order valence-electron chi connectivity index (χ0n) is 13.8. The molecule has 1 amide bonds. The van der Waals surface area contributed by atoms with Crippen molar-refractivity contribution in [3.63, 3.8) is 0 Å². The summed E-state index contributed by atoms with van der Waals surface area (Å²) < 4.78 is 5.30. The first-order valence-electron chi connectivity index (χ1n) is 7.74. The topological polar surface area (TPSA) is 63.2 Å². The van der Waals surface area contributed by atoms with Crippen LogP contribution in [-0.4, -0.2) is 24.5 Å². The molecule has 0 bridgehead atoms. The fourth-order valence-electron chi connectivity index (χ4n) is 2.10. The molecule has 2 rings (SSSR count). The van der Waals surface area contributed by atoms with Crippen molar-refractivity contribution in [1.29, 1.82) is 0 Å². The number of carbonyl (C=O) groups is 1. The van der Waals surface area contributed by atoms with E-state index in [1.165, 1.54) is 0 Å². The standard InChI is InChI=1S/C18H23N3O2/c1-13(2)8-10-20-18(22)14-9-11-19-17(12-14)21-15-6-4-5-7-16(15)23-3/h4-7,9,11-13H,8,10H2,1-3H3,(H,19,21)(H,20,22). The Morgan fingerprint density at radius 2 is 2.04 bits per heavy atom. The lowest BCUT2D eigenvalue weighted by Gasteiger charge is -2.11. The summed E-state index contributed by atoms with van der Waals surface area (Å²) in [4.78, 5) is 16.4. The molecule has 1 heterocycles. The number of hydrogen-bond acceptors (Lipinski definition) is 4. The van der Waals surface area contributed by atoms with Crippen molar-refractivity contribution in [2.45, 2.75) is 20.3 Å². The molecule has 2 N–H and O–H groups in total. The number of para-hydroxylation sites is 2. The molecule has 0 aliphatic rings. The third-order valence-electron chi connectivity index (χ3n) is 3.40. The summed E-state index contributed by atoms with van der Waals surface area (Å²) in [6, 6.07) is 11.0. The van der Waals surface area contributed by atoms with Gasteiger partial charge >= 0.3 is 0 Å². The number of rotatable bonds is 7. The minimum absolute atomic E-state index is 0.0869. The minimum atomic E-state index is -0.0869. The van der Waals surface area contributed by atoms with Gasteiger partial charge in [-0.3, -0.25) is 4.79 Å². The van der Waals surface area contributed by atoms with Gasteiger partial charge in [-0.1, -0.05) is 26.0 Å². The van der Waals surface area contributed by atoms with E-state index >= 15 is 0 Å². The number of nitrogens with zero attached hydrogens (tertiary/aromatic N) is 1. The van der Waals surface area contributed by atoms with Gasteiger partial charge < -0.3 is 15.4 Å². The molecule has 5 nitrogen and oxygen atoms in total. The van der Waals surface area contributed by atoms with Crippen molar-refractivity contribution in [2.24, 2.45) is 5.92 Å². The molecule has 122 valence electrons. The van der Waals surface area contributed by atoms with E-state index in [0.29, 0.717) is 23.8 Å². The van der Waals surface area contributed by atoms with E-state index in [0.717, 1.165) is 17.9 Å². The number of hydrogen-bond donors (Lipinski definition) is 2. The van der Waals surface area contributed by atoms with E-state index in [9.17, 15) is 4.79 Å². The molecule has 0 aliphatic carbocycles. The van der Waals surface area contributed by atoms with Crippen LogP contribution in [0.15, 0.2) is 42.6 Å². The lowest BCUT2D eigenvalue weighted by Crippen LogP contribution is -2.25. The van der Waals surface area contributed by atoms with Crippen LogP contribution in [0.5, 0.6) is 5.75 Å². The molecule has 0 aliphatic heterocycles. The molecule has 0 saturated carbocycles. The van der Waals surface area contributed by atoms with Crippen molar-refractivity contribution >= 4 is 17.4 Å². The SMILES string of the molecule is COc1ccccc1Nc1cc(C(=O)NCCC(C)C)ccn1. The summed E-state index contributed by atoms with van der Waals surface area (Å²) in [5.74, 6) is 1.80. The summed E-state index contributed by atoms with van der Waals surface area (Å²) in [5.41, 5.74) is 1.39. The molecule has 0 unspecified atom stereocenters. The summed E-state index contributed by atoms with van der Waals surface area (Å²) in [6.07, 6.45) is 2.58. The second-order valence-corrected chi connectivity index (χ2v) is 5.69. The third kappa shape index (κ3) is 4.98. The molecule has 0 radical (unpaired) electrons. The first-order chi connectivity index (χ1) is 11.1. The number of aromatic nitrogens is 1. The van der Waals surface area contributed by atoms with Gasteiger partial charge in [0, 0.05) is 18.3 Å². The summed E-state index contributed by atoms with van der Waals surface area (Å²) in [5, 5.41) is 6.10. The van der Waals surface area contributed by atoms with Crippen LogP contribution >= 0.6 is 0 Å². The number of benzene rings is 1. The Morgan fingerprint density at radius 1 is 1.26 bits per heavy atom. The quantitative estimate of drug-likeness (QED) is 0.819. The maximum absolute atomic E-state index is 12.2. The van der Waals surface area contributed by atoms with Crippen LogP contribution in [0.1, 0.15) is 30.6 Å². The van der Waals surface area contributed by atoms with Gasteiger partial charge in [-0.2, -0.15) is 0 Å². The van der Waals surface area contributed by atoms with Gasteiger partial charge in [0.2, 0.25) is 0 Å². The molecule has 0 fully saturated rings. The van der Waals surface area contributed by atoms with Crippen molar-refractivity contribution in [3.8, 4) is 5.75 Å². The molecule has 0 spiro atoms. The average molecular weight is 313 g/mol. The van der Waals surface area contributed by atoms with Crippen LogP contribution in [0.4, 0.5) is 11.5 Å². The Labute approximate surface area is 137 Å². The van der Waals surface area contributed by atoms with Gasteiger partial charge in [0.25, 0.3) is 5.91 Å². The number of amides is 1. The van der Waals surface area contributed by atoms with Gasteiger partial charge in [-0.15, -0.1) is 0 Å². The first kappa shape index (κ1) is 16.8. The highest BCUT2D eigenvalue weighted by Crippen LogP contribution is 2.26. The number of methoxy groups -OCH3 is 1. The van der Waals surface area contributed by atoms with E-state index in [1.807, 2.05) is 24.3 Å². The number of carbonyl (C=O) groups excluding carboxylic acids is 1. The highest BCUT2D eigenvalue weighted by atomic mass is 16.5. The molecule has 2 aromatic rings. The monoisotopic (exact) mass is 313 g/mol. The Bertz CT molecular complexity index is 656. The highest BCUT2D eigenvalue weighted by molar-refractivity contribution is 5.94. The number of ether oxygens (including phenoxy) is 1. The van der Waals surface area contributed by atoms with E-state index < -0.39 is 0 Å². The Hall–Kier alpha value is -2.56. The molecular formula is C18H23N3O2. The van der Waals surface area contributed by atoms with Crippen LogP contribution in [0.3, 0.4) is 0 Å². The van der Waals surface area contributed by atoms with Crippen molar-refractivity contribution in [3.05, 3.63) is 48.2 Å². The van der Waals surface area contributed by atoms with E-state index in [-0.39, 0.29) is 5.91 Å². The summed E-state index contributed by atoms with van der Waals surface area (Å²) >= 11 is 0. The van der Waals surface area contributed by atoms with Gasteiger partial charge in [-0.25, -0.2) is 4.98 Å². The second-order valence-electron chi connectivity index (χ2n) is 5.69. The van der Waals surface area contributed by atoms with Gasteiger partial charge in [-0.05, 0) is 36.6 Å².